The fourth-order valence-electron chi connectivity index (χ4n) is 4.11. The normalized spacial score (nSPS) is 20.6. The third-order valence-electron chi connectivity index (χ3n) is 5.61. The average Bonchev–Trinajstić information content (AvgIpc) is 3.05. The molecule has 2 aliphatic heterocycles. The number of H-pyrrole nitrogens is 1. The molecular weight excluding hydrogens is 300 g/mol. The molecule has 2 fully saturated rings. The quantitative estimate of drug-likeness (QED) is 0.916. The number of piperidine rings is 1. The molecule has 4 nitrogen and oxygen atoms in total. The number of carbonyl (C=O) groups excluding carboxylic acids is 1. The van der Waals surface area contributed by atoms with Crippen LogP contribution in [0.4, 0.5) is 0 Å². The summed E-state index contributed by atoms with van der Waals surface area (Å²) in [4.78, 5) is 18.3. The Labute approximate surface area is 143 Å². The van der Waals surface area contributed by atoms with Gasteiger partial charge in [-0.1, -0.05) is 11.6 Å². The fraction of sp³-hybridized carbons (Fsp3) is 0.550. The number of nitrogens with zero attached hydrogens (tertiary/aromatic N) is 1. The third kappa shape index (κ3) is 3.07. The molecule has 2 saturated heterocycles. The van der Waals surface area contributed by atoms with Crippen molar-refractivity contribution in [3.63, 3.8) is 0 Å². The van der Waals surface area contributed by atoms with Crippen LogP contribution in [0.2, 0.25) is 0 Å². The Morgan fingerprint density at radius 3 is 2.62 bits per heavy atom. The van der Waals surface area contributed by atoms with Crippen LogP contribution in [0.25, 0.3) is 10.9 Å². The Kier molecular flexibility index (Phi) is 4.31. The second-order valence-electron chi connectivity index (χ2n) is 7.30. The van der Waals surface area contributed by atoms with Gasteiger partial charge in [0.25, 0.3) is 0 Å². The number of aromatic amines is 1. The van der Waals surface area contributed by atoms with E-state index in [-0.39, 0.29) is 5.92 Å². The molecule has 0 bridgehead atoms. The second-order valence-corrected chi connectivity index (χ2v) is 7.30. The van der Waals surface area contributed by atoms with Crippen LogP contribution >= 0.6 is 0 Å². The Hall–Kier alpha value is -1.81. The molecule has 1 N–H and O–H groups in total. The van der Waals surface area contributed by atoms with Gasteiger partial charge >= 0.3 is 0 Å². The van der Waals surface area contributed by atoms with E-state index < -0.39 is 0 Å². The first-order valence-electron chi connectivity index (χ1n) is 9.16. The predicted octanol–water partition coefficient (Wildman–Crippen LogP) is 3.61. The van der Waals surface area contributed by atoms with E-state index in [0.717, 1.165) is 52.0 Å². The Morgan fingerprint density at radius 2 is 1.88 bits per heavy atom. The molecule has 0 spiro atoms. The van der Waals surface area contributed by atoms with Crippen LogP contribution in [-0.2, 0) is 9.53 Å². The van der Waals surface area contributed by atoms with E-state index in [2.05, 4.69) is 41.1 Å². The van der Waals surface area contributed by atoms with Crippen molar-refractivity contribution in [3.8, 4) is 0 Å². The molecule has 3 heterocycles. The first kappa shape index (κ1) is 15.7. The molecule has 0 radical (unpaired) electrons. The van der Waals surface area contributed by atoms with E-state index in [1.165, 1.54) is 22.2 Å². The Morgan fingerprint density at radius 1 is 1.12 bits per heavy atom. The number of fused-ring (bicyclic) bond motifs is 1. The molecule has 0 aliphatic carbocycles. The molecule has 2 aromatic rings. The van der Waals surface area contributed by atoms with Gasteiger partial charge in [0.05, 0.1) is 0 Å². The number of benzene rings is 1. The number of nitrogens with one attached hydrogen (secondary N) is 1. The summed E-state index contributed by atoms with van der Waals surface area (Å²) in [5.74, 6) is 1.08. The largest absolute Gasteiger partial charge is 0.381 e. The highest BCUT2D eigenvalue weighted by molar-refractivity contribution is 5.81. The molecule has 1 aromatic heterocycles. The number of amides is 1. The van der Waals surface area contributed by atoms with E-state index in [1.54, 1.807) is 0 Å². The Bertz CT molecular complexity index is 722. The van der Waals surface area contributed by atoms with E-state index >= 15 is 0 Å². The molecule has 0 atom stereocenters. The third-order valence-corrected chi connectivity index (χ3v) is 5.61. The summed E-state index contributed by atoms with van der Waals surface area (Å²) in [7, 11) is 0. The smallest absolute Gasteiger partial charge is 0.225 e. The molecule has 0 unspecified atom stereocenters. The summed E-state index contributed by atoms with van der Waals surface area (Å²) in [6.45, 7) is 5.37. The van der Waals surface area contributed by atoms with Gasteiger partial charge in [-0.25, -0.2) is 0 Å². The van der Waals surface area contributed by atoms with Crippen molar-refractivity contribution < 1.29 is 9.53 Å². The monoisotopic (exact) mass is 326 g/mol. The maximum atomic E-state index is 12.6. The number of carbonyl (C=O) groups is 1. The minimum absolute atomic E-state index is 0.186. The van der Waals surface area contributed by atoms with Crippen molar-refractivity contribution in [1.29, 1.82) is 0 Å². The molecule has 2 aliphatic rings. The van der Waals surface area contributed by atoms with Crippen molar-refractivity contribution in [2.24, 2.45) is 5.92 Å². The maximum absolute atomic E-state index is 12.6. The van der Waals surface area contributed by atoms with Crippen molar-refractivity contribution in [2.45, 2.75) is 38.5 Å². The van der Waals surface area contributed by atoms with Crippen LogP contribution in [0.5, 0.6) is 0 Å². The van der Waals surface area contributed by atoms with Gasteiger partial charge in [-0.15, -0.1) is 0 Å². The van der Waals surface area contributed by atoms with Gasteiger partial charge in [0.1, 0.15) is 0 Å². The van der Waals surface area contributed by atoms with Crippen LogP contribution in [0, 0.1) is 12.8 Å². The highest BCUT2D eigenvalue weighted by Crippen LogP contribution is 2.31. The highest BCUT2D eigenvalue weighted by Gasteiger charge is 2.30. The van der Waals surface area contributed by atoms with Crippen molar-refractivity contribution in [2.75, 3.05) is 26.3 Å². The van der Waals surface area contributed by atoms with Gasteiger partial charge < -0.3 is 14.6 Å². The van der Waals surface area contributed by atoms with E-state index in [0.29, 0.717) is 11.8 Å². The SMILES string of the molecule is Cc1ccc2[nH]c(C3CCN(C(=O)C4CCOCC4)CC3)cc2c1. The van der Waals surface area contributed by atoms with Gasteiger partial charge in [0, 0.05) is 49.3 Å². The zero-order chi connectivity index (χ0) is 16.5. The molecular formula is C20H26N2O2. The van der Waals surface area contributed by atoms with Crippen molar-refractivity contribution in [3.05, 3.63) is 35.5 Å². The molecule has 4 rings (SSSR count). The van der Waals surface area contributed by atoms with E-state index in [4.69, 9.17) is 4.74 Å². The summed E-state index contributed by atoms with van der Waals surface area (Å²) < 4.78 is 5.37. The number of likely N-dealkylation sites (tertiary alicyclic amines) is 1. The molecule has 1 amide bonds. The van der Waals surface area contributed by atoms with Crippen molar-refractivity contribution >= 4 is 16.8 Å². The zero-order valence-corrected chi connectivity index (χ0v) is 14.4. The average molecular weight is 326 g/mol. The number of aromatic nitrogens is 1. The summed E-state index contributed by atoms with van der Waals surface area (Å²) in [5.41, 5.74) is 3.84. The summed E-state index contributed by atoms with van der Waals surface area (Å²) in [6.07, 6.45) is 3.89. The molecule has 0 saturated carbocycles. The fourth-order valence-corrected chi connectivity index (χ4v) is 4.11. The number of rotatable bonds is 2. The maximum Gasteiger partial charge on any atom is 0.225 e. The molecule has 4 heteroatoms. The van der Waals surface area contributed by atoms with Gasteiger partial charge in [0.2, 0.25) is 5.91 Å². The van der Waals surface area contributed by atoms with Crippen LogP contribution in [-0.4, -0.2) is 42.1 Å². The van der Waals surface area contributed by atoms with Crippen LogP contribution in [0.1, 0.15) is 42.9 Å². The van der Waals surface area contributed by atoms with Crippen LogP contribution in [0.3, 0.4) is 0 Å². The highest BCUT2D eigenvalue weighted by atomic mass is 16.5. The van der Waals surface area contributed by atoms with E-state index in [1.807, 2.05) is 0 Å². The summed E-state index contributed by atoms with van der Waals surface area (Å²) >= 11 is 0. The predicted molar refractivity (Wildman–Crippen MR) is 95.1 cm³/mol. The zero-order valence-electron chi connectivity index (χ0n) is 14.4. The number of hydrogen-bond donors (Lipinski definition) is 1. The number of aryl methyl sites for hydroxylation is 1. The van der Waals surface area contributed by atoms with Gasteiger partial charge in [-0.05, 0) is 56.2 Å². The second kappa shape index (κ2) is 6.60. The molecule has 24 heavy (non-hydrogen) atoms. The first-order chi connectivity index (χ1) is 11.7. The lowest BCUT2D eigenvalue weighted by molar-refractivity contribution is -0.139. The minimum atomic E-state index is 0.186. The lowest BCUT2D eigenvalue weighted by atomic mass is 9.91. The molecule has 1 aromatic carbocycles. The minimum Gasteiger partial charge on any atom is -0.381 e. The topological polar surface area (TPSA) is 45.3 Å². The first-order valence-corrected chi connectivity index (χ1v) is 9.16. The van der Waals surface area contributed by atoms with Gasteiger partial charge in [-0.3, -0.25) is 4.79 Å². The lowest BCUT2D eigenvalue weighted by Gasteiger charge is -2.35. The lowest BCUT2D eigenvalue weighted by Crippen LogP contribution is -2.42. The summed E-state index contributed by atoms with van der Waals surface area (Å²) in [6, 6.07) is 8.85. The standard InChI is InChI=1S/C20H26N2O2/c1-14-2-3-18-17(12-14)13-19(21-18)15-4-8-22(9-5-15)20(23)16-6-10-24-11-7-16/h2-3,12-13,15-16,21H,4-11H2,1H3. The van der Waals surface area contributed by atoms with Crippen LogP contribution < -0.4 is 0 Å². The van der Waals surface area contributed by atoms with Crippen molar-refractivity contribution in [1.82, 2.24) is 9.88 Å². The van der Waals surface area contributed by atoms with Crippen LogP contribution in [0.15, 0.2) is 24.3 Å². The molecule has 128 valence electrons. The Balaban J connectivity index is 1.40. The number of hydrogen-bond acceptors (Lipinski definition) is 2. The van der Waals surface area contributed by atoms with E-state index in [9.17, 15) is 4.79 Å². The van der Waals surface area contributed by atoms with Gasteiger partial charge in [0.15, 0.2) is 0 Å². The number of ether oxygens (including phenoxy) is 1. The van der Waals surface area contributed by atoms with Gasteiger partial charge in [-0.2, -0.15) is 0 Å². The summed E-state index contributed by atoms with van der Waals surface area (Å²) in [5, 5.41) is 1.30.